The molecule has 1 aromatic carbocycles. The highest BCUT2D eigenvalue weighted by atomic mass is 35.5. The molecule has 32 heavy (non-hydrogen) atoms. The quantitative estimate of drug-likeness (QED) is 0.397. The van der Waals surface area contributed by atoms with E-state index in [1.807, 2.05) is 12.1 Å². The molecule has 0 atom stereocenters. The van der Waals surface area contributed by atoms with Gasteiger partial charge >= 0.3 is 0 Å². The smallest absolute Gasteiger partial charge is 0.252 e. The molecule has 4 nitrogen and oxygen atoms in total. The summed E-state index contributed by atoms with van der Waals surface area (Å²) in [5, 5.41) is 7.34. The zero-order valence-corrected chi connectivity index (χ0v) is 21.1. The van der Waals surface area contributed by atoms with Crippen LogP contribution in [0, 0.1) is 18.8 Å². The van der Waals surface area contributed by atoms with Crippen LogP contribution in [0.15, 0.2) is 18.2 Å². The average Bonchev–Trinajstić information content (AvgIpc) is 2.75. The maximum absolute atomic E-state index is 12.9. The monoisotopic (exact) mass is 461 g/mol. The van der Waals surface area contributed by atoms with E-state index in [-0.39, 0.29) is 13.3 Å². The molecule has 0 unspecified atom stereocenters. The Balaban J connectivity index is 0.00000363. The van der Waals surface area contributed by atoms with Crippen LogP contribution in [0.25, 0.3) is 0 Å². The minimum absolute atomic E-state index is 0. The van der Waals surface area contributed by atoms with Crippen molar-refractivity contribution in [1.29, 1.82) is 0 Å². The Morgan fingerprint density at radius 3 is 2.56 bits per heavy atom. The predicted octanol–water partition coefficient (Wildman–Crippen LogP) is 5.62. The second kappa shape index (κ2) is 13.6. The van der Waals surface area contributed by atoms with E-state index in [1.165, 1.54) is 63.4 Å². The molecule has 1 aromatic rings. The first kappa shape index (κ1) is 27.1. The van der Waals surface area contributed by atoms with E-state index in [9.17, 15) is 4.79 Å². The number of halogens is 1. The minimum Gasteiger partial charge on any atom is -0.351 e. The van der Waals surface area contributed by atoms with Gasteiger partial charge in [0.15, 0.2) is 0 Å². The van der Waals surface area contributed by atoms with E-state index in [4.69, 9.17) is 11.6 Å². The van der Waals surface area contributed by atoms with Crippen LogP contribution in [0.5, 0.6) is 0 Å². The van der Waals surface area contributed by atoms with Gasteiger partial charge in [0.05, 0.1) is 10.6 Å². The standard InChI is InChI=1S/C26H42ClN3O.CH2/c1-30(2)17-4-3-15-28-16-7-10-21-11-12-24(27)23(18-21)25(31)29-20-26-13-5-8-22(19-26)9-6-14-26;/h11-12,18,22,28H,3-10,13-17,19-20H2,1-2H3,(H,29,31);1H2. The summed E-state index contributed by atoms with van der Waals surface area (Å²) in [5.41, 5.74) is 2.16. The van der Waals surface area contributed by atoms with Crippen molar-refractivity contribution >= 4 is 17.5 Å². The zero-order chi connectivity index (χ0) is 22.1. The highest BCUT2D eigenvalue weighted by Crippen LogP contribution is 2.48. The Labute approximate surface area is 201 Å². The fourth-order valence-corrected chi connectivity index (χ4v) is 5.76. The van der Waals surface area contributed by atoms with Crippen molar-refractivity contribution < 1.29 is 4.79 Å². The Kier molecular flexibility index (Phi) is 11.5. The van der Waals surface area contributed by atoms with Crippen LogP contribution in [0.1, 0.15) is 80.1 Å². The summed E-state index contributed by atoms with van der Waals surface area (Å²) < 4.78 is 0. The molecule has 2 radical (unpaired) electrons. The second-order valence-electron chi connectivity index (χ2n) is 10.2. The van der Waals surface area contributed by atoms with E-state index in [0.29, 0.717) is 16.0 Å². The maximum atomic E-state index is 12.9. The lowest BCUT2D eigenvalue weighted by atomic mass is 9.62. The SMILES string of the molecule is CN(C)CCCCNCCCc1ccc(Cl)c(C(=O)NCC23CCCC(CCC2)C3)c1.[CH2]. The van der Waals surface area contributed by atoms with Crippen molar-refractivity contribution in [3.05, 3.63) is 41.8 Å². The summed E-state index contributed by atoms with van der Waals surface area (Å²) in [6.07, 6.45) is 13.7. The average molecular weight is 462 g/mol. The molecule has 5 heteroatoms. The van der Waals surface area contributed by atoms with Crippen molar-refractivity contribution in [3.63, 3.8) is 0 Å². The second-order valence-corrected chi connectivity index (χ2v) is 10.6. The summed E-state index contributed by atoms with van der Waals surface area (Å²) in [4.78, 5) is 15.2. The number of aryl methyl sites for hydroxylation is 1. The van der Waals surface area contributed by atoms with E-state index in [1.54, 1.807) is 0 Å². The highest BCUT2D eigenvalue weighted by molar-refractivity contribution is 6.33. The summed E-state index contributed by atoms with van der Waals surface area (Å²) in [5.74, 6) is 0.876. The van der Waals surface area contributed by atoms with Crippen LogP contribution in [-0.2, 0) is 6.42 Å². The molecule has 0 aliphatic heterocycles. The number of nitrogens with zero attached hydrogens (tertiary/aromatic N) is 1. The Morgan fingerprint density at radius 2 is 1.84 bits per heavy atom. The first-order valence-electron chi connectivity index (χ1n) is 12.4. The van der Waals surface area contributed by atoms with Crippen LogP contribution in [0.2, 0.25) is 5.02 Å². The van der Waals surface area contributed by atoms with Crippen molar-refractivity contribution in [2.24, 2.45) is 11.3 Å². The molecule has 2 aliphatic carbocycles. The molecule has 0 spiro atoms. The number of carbonyl (C=O) groups excluding carboxylic acids is 1. The van der Waals surface area contributed by atoms with E-state index < -0.39 is 0 Å². The topological polar surface area (TPSA) is 44.4 Å². The van der Waals surface area contributed by atoms with Crippen molar-refractivity contribution in [3.8, 4) is 0 Å². The van der Waals surface area contributed by atoms with Crippen molar-refractivity contribution in [2.75, 3.05) is 40.3 Å². The van der Waals surface area contributed by atoms with Gasteiger partial charge < -0.3 is 15.5 Å². The van der Waals surface area contributed by atoms with Gasteiger partial charge in [-0.1, -0.05) is 50.8 Å². The summed E-state index contributed by atoms with van der Waals surface area (Å²) in [6.45, 7) is 4.04. The fraction of sp³-hybridized carbons (Fsp3) is 0.704. The summed E-state index contributed by atoms with van der Waals surface area (Å²) in [7, 11) is 4.24. The number of fused-ring (bicyclic) bond motifs is 2. The minimum atomic E-state index is -0.00654. The zero-order valence-electron chi connectivity index (χ0n) is 20.4. The fourth-order valence-electron chi connectivity index (χ4n) is 5.56. The number of nitrogens with one attached hydrogen (secondary N) is 2. The number of rotatable bonds is 12. The van der Waals surface area contributed by atoms with Crippen LogP contribution < -0.4 is 10.6 Å². The summed E-state index contributed by atoms with van der Waals surface area (Å²) in [6, 6.07) is 5.94. The van der Waals surface area contributed by atoms with Gasteiger partial charge in [0.2, 0.25) is 0 Å². The molecule has 3 rings (SSSR count). The number of carbonyl (C=O) groups is 1. The molecule has 2 N–H and O–H groups in total. The largest absolute Gasteiger partial charge is 0.351 e. The number of hydrogen-bond acceptors (Lipinski definition) is 3. The number of benzene rings is 1. The van der Waals surface area contributed by atoms with Crippen LogP contribution in [-0.4, -0.2) is 51.1 Å². The van der Waals surface area contributed by atoms with Gasteiger partial charge in [0.25, 0.3) is 5.91 Å². The lowest BCUT2D eigenvalue weighted by molar-refractivity contribution is 0.0682. The Bertz CT molecular complexity index is 696. The first-order chi connectivity index (χ1) is 15.0. The Hall–Kier alpha value is -1.10. The molecule has 2 bridgehead atoms. The third-order valence-corrected chi connectivity index (χ3v) is 7.62. The van der Waals surface area contributed by atoms with Gasteiger partial charge in [-0.15, -0.1) is 0 Å². The Morgan fingerprint density at radius 1 is 1.12 bits per heavy atom. The molecular weight excluding hydrogens is 418 g/mol. The molecule has 180 valence electrons. The molecule has 0 aromatic heterocycles. The van der Waals surface area contributed by atoms with Gasteiger partial charge in [-0.2, -0.15) is 0 Å². The third kappa shape index (κ3) is 8.35. The molecule has 0 saturated heterocycles. The number of hydrogen-bond donors (Lipinski definition) is 2. The van der Waals surface area contributed by atoms with E-state index in [2.05, 4.69) is 35.7 Å². The van der Waals surface area contributed by atoms with Gasteiger partial charge in [0.1, 0.15) is 0 Å². The molecule has 0 heterocycles. The predicted molar refractivity (Wildman–Crippen MR) is 136 cm³/mol. The number of amides is 1. The normalized spacial score (nSPS) is 22.4. The van der Waals surface area contributed by atoms with Crippen LogP contribution in [0.3, 0.4) is 0 Å². The van der Waals surface area contributed by atoms with Gasteiger partial charge in [-0.25, -0.2) is 0 Å². The molecular formula is C27H44ClN3O. The van der Waals surface area contributed by atoms with Crippen LogP contribution >= 0.6 is 11.6 Å². The van der Waals surface area contributed by atoms with Gasteiger partial charge in [-0.05, 0) is 108 Å². The molecule has 2 saturated carbocycles. The van der Waals surface area contributed by atoms with Gasteiger partial charge in [-0.3, -0.25) is 4.79 Å². The summed E-state index contributed by atoms with van der Waals surface area (Å²) >= 11 is 6.39. The van der Waals surface area contributed by atoms with E-state index in [0.717, 1.165) is 44.9 Å². The number of unbranched alkanes of at least 4 members (excludes halogenated alkanes) is 1. The molecule has 2 fully saturated rings. The van der Waals surface area contributed by atoms with Crippen molar-refractivity contribution in [2.45, 2.75) is 70.6 Å². The molecule has 2 aliphatic rings. The lowest BCUT2D eigenvalue weighted by Crippen LogP contribution is -2.43. The van der Waals surface area contributed by atoms with Gasteiger partial charge in [0, 0.05) is 6.54 Å². The molecule has 1 amide bonds. The van der Waals surface area contributed by atoms with Crippen molar-refractivity contribution in [1.82, 2.24) is 15.5 Å². The van der Waals surface area contributed by atoms with E-state index >= 15 is 0 Å². The lowest BCUT2D eigenvalue weighted by Gasteiger charge is -2.45. The highest BCUT2D eigenvalue weighted by Gasteiger charge is 2.39. The third-order valence-electron chi connectivity index (χ3n) is 7.29. The maximum Gasteiger partial charge on any atom is 0.252 e. The first-order valence-corrected chi connectivity index (χ1v) is 12.8. The van der Waals surface area contributed by atoms with Crippen LogP contribution in [0.4, 0.5) is 0 Å².